The Morgan fingerprint density at radius 3 is 2.58 bits per heavy atom. The van der Waals surface area contributed by atoms with Crippen molar-refractivity contribution < 1.29 is 4.79 Å². The molecule has 0 atom stereocenters. The van der Waals surface area contributed by atoms with Gasteiger partial charge in [-0.1, -0.05) is 30.3 Å². The third-order valence-electron chi connectivity index (χ3n) is 3.30. The van der Waals surface area contributed by atoms with Crippen LogP contribution in [0.15, 0.2) is 59.7 Å². The number of amides is 2. The Labute approximate surface area is 141 Å². The molecule has 0 bridgehead atoms. The normalized spacial score (nSPS) is 10.2. The predicted octanol–water partition coefficient (Wildman–Crippen LogP) is 3.19. The van der Waals surface area contributed by atoms with Crippen LogP contribution in [-0.4, -0.2) is 25.8 Å². The first-order chi connectivity index (χ1) is 11.7. The minimum atomic E-state index is -0.398. The highest BCUT2D eigenvalue weighted by Crippen LogP contribution is 2.13. The van der Waals surface area contributed by atoms with E-state index in [-0.39, 0.29) is 0 Å². The SMILES string of the molecule is CN(CCC#N)c1ccc(C=NNC(=O)Nc2ccccc2)cc1. The number of carbonyl (C=O) groups is 1. The minimum absolute atomic E-state index is 0.398. The molecule has 0 fully saturated rings. The molecule has 122 valence electrons. The van der Waals surface area contributed by atoms with Crippen molar-refractivity contribution in [3.63, 3.8) is 0 Å². The summed E-state index contributed by atoms with van der Waals surface area (Å²) >= 11 is 0. The first-order valence-corrected chi connectivity index (χ1v) is 7.52. The number of hydrogen-bond donors (Lipinski definition) is 2. The lowest BCUT2D eigenvalue weighted by Crippen LogP contribution is -2.24. The van der Waals surface area contributed by atoms with Gasteiger partial charge >= 0.3 is 6.03 Å². The van der Waals surface area contributed by atoms with Crippen LogP contribution in [0.5, 0.6) is 0 Å². The maximum absolute atomic E-state index is 11.7. The second-order valence-corrected chi connectivity index (χ2v) is 5.11. The number of carbonyl (C=O) groups excluding carboxylic acids is 1. The van der Waals surface area contributed by atoms with Crippen LogP contribution in [-0.2, 0) is 0 Å². The Morgan fingerprint density at radius 1 is 1.21 bits per heavy atom. The Kier molecular flexibility index (Phi) is 6.35. The Bertz CT molecular complexity index is 719. The number of urea groups is 1. The summed E-state index contributed by atoms with van der Waals surface area (Å²) in [6.45, 7) is 0.686. The molecule has 0 spiro atoms. The summed E-state index contributed by atoms with van der Waals surface area (Å²) in [5, 5.41) is 15.2. The molecule has 0 radical (unpaired) electrons. The summed E-state index contributed by atoms with van der Waals surface area (Å²) in [7, 11) is 1.94. The number of nitrogens with zero attached hydrogens (tertiary/aromatic N) is 3. The van der Waals surface area contributed by atoms with Gasteiger partial charge in [-0.2, -0.15) is 10.4 Å². The van der Waals surface area contributed by atoms with Gasteiger partial charge in [-0.3, -0.25) is 0 Å². The molecule has 0 aliphatic rings. The van der Waals surface area contributed by atoms with Gasteiger partial charge in [0.25, 0.3) is 0 Å². The van der Waals surface area contributed by atoms with Crippen molar-refractivity contribution in [2.45, 2.75) is 6.42 Å². The molecule has 6 heteroatoms. The second kappa shape index (κ2) is 8.96. The van der Waals surface area contributed by atoms with E-state index >= 15 is 0 Å². The van der Waals surface area contributed by atoms with Crippen LogP contribution < -0.4 is 15.6 Å². The second-order valence-electron chi connectivity index (χ2n) is 5.11. The smallest absolute Gasteiger partial charge is 0.339 e. The molecule has 0 heterocycles. The van der Waals surface area contributed by atoms with Gasteiger partial charge in [0.2, 0.25) is 0 Å². The van der Waals surface area contributed by atoms with Crippen LogP contribution in [0.3, 0.4) is 0 Å². The number of nitriles is 1. The third kappa shape index (κ3) is 5.46. The van der Waals surface area contributed by atoms with Gasteiger partial charge in [0.1, 0.15) is 0 Å². The average Bonchev–Trinajstić information content (AvgIpc) is 2.61. The Balaban J connectivity index is 1.83. The van der Waals surface area contributed by atoms with E-state index < -0.39 is 6.03 Å². The number of hydrogen-bond acceptors (Lipinski definition) is 4. The fourth-order valence-electron chi connectivity index (χ4n) is 2.01. The average molecular weight is 321 g/mol. The van der Waals surface area contributed by atoms with E-state index in [2.05, 4.69) is 21.9 Å². The van der Waals surface area contributed by atoms with Crippen LogP contribution in [0.1, 0.15) is 12.0 Å². The van der Waals surface area contributed by atoms with E-state index in [9.17, 15) is 4.79 Å². The molecule has 0 aromatic heterocycles. The first-order valence-electron chi connectivity index (χ1n) is 7.52. The number of para-hydroxylation sites is 1. The fraction of sp³-hybridized carbons (Fsp3) is 0.167. The van der Waals surface area contributed by atoms with Crippen molar-refractivity contribution in [1.29, 1.82) is 5.26 Å². The first kappa shape index (κ1) is 17.0. The van der Waals surface area contributed by atoms with Gasteiger partial charge in [-0.05, 0) is 29.8 Å². The molecular formula is C18H19N5O. The lowest BCUT2D eigenvalue weighted by atomic mass is 10.2. The molecule has 2 aromatic carbocycles. The molecule has 6 nitrogen and oxygen atoms in total. The number of hydrazone groups is 1. The molecule has 2 N–H and O–H groups in total. The summed E-state index contributed by atoms with van der Waals surface area (Å²) in [6, 6.07) is 18.6. The highest BCUT2D eigenvalue weighted by atomic mass is 16.2. The van der Waals surface area contributed by atoms with Crippen molar-refractivity contribution in [2.75, 3.05) is 23.8 Å². The quantitative estimate of drug-likeness (QED) is 0.633. The summed E-state index contributed by atoms with van der Waals surface area (Å²) < 4.78 is 0. The van der Waals surface area contributed by atoms with Gasteiger partial charge in [-0.15, -0.1) is 0 Å². The highest BCUT2D eigenvalue weighted by molar-refractivity contribution is 5.90. The standard InChI is InChI=1S/C18H19N5O/c1-23(13-5-12-19)17-10-8-15(9-11-17)14-20-22-18(24)21-16-6-3-2-4-7-16/h2-4,6-11,14H,5,13H2,1H3,(H2,21,22,24). The van der Waals surface area contributed by atoms with Crippen molar-refractivity contribution >= 4 is 23.6 Å². The highest BCUT2D eigenvalue weighted by Gasteiger charge is 2.00. The van der Waals surface area contributed by atoms with Crippen molar-refractivity contribution in [3.05, 3.63) is 60.2 Å². The minimum Gasteiger partial charge on any atom is -0.374 e. The number of nitrogens with one attached hydrogen (secondary N) is 2. The monoisotopic (exact) mass is 321 g/mol. The van der Waals surface area contributed by atoms with E-state index in [1.807, 2.05) is 54.4 Å². The van der Waals surface area contributed by atoms with Crippen molar-refractivity contribution in [2.24, 2.45) is 5.10 Å². The van der Waals surface area contributed by atoms with Crippen molar-refractivity contribution in [1.82, 2.24) is 5.43 Å². The zero-order valence-electron chi connectivity index (χ0n) is 13.4. The van der Waals surface area contributed by atoms with E-state index in [0.717, 1.165) is 11.3 Å². The van der Waals surface area contributed by atoms with Gasteiger partial charge in [-0.25, -0.2) is 10.2 Å². The number of anilines is 2. The van der Waals surface area contributed by atoms with E-state index in [1.165, 1.54) is 0 Å². The molecule has 2 aromatic rings. The maximum atomic E-state index is 11.7. The zero-order valence-corrected chi connectivity index (χ0v) is 13.4. The lowest BCUT2D eigenvalue weighted by molar-refractivity contribution is 0.252. The van der Waals surface area contributed by atoms with Crippen LogP contribution >= 0.6 is 0 Å². The van der Waals surface area contributed by atoms with Gasteiger partial charge in [0.05, 0.1) is 18.7 Å². The van der Waals surface area contributed by atoms with E-state index in [0.29, 0.717) is 18.7 Å². The summed E-state index contributed by atoms with van der Waals surface area (Å²) in [5.74, 6) is 0. The van der Waals surface area contributed by atoms with Gasteiger partial charge < -0.3 is 10.2 Å². The molecule has 2 rings (SSSR count). The van der Waals surface area contributed by atoms with Crippen LogP contribution in [0.2, 0.25) is 0 Å². The van der Waals surface area contributed by atoms with E-state index in [1.54, 1.807) is 18.3 Å². The molecule has 24 heavy (non-hydrogen) atoms. The zero-order chi connectivity index (χ0) is 17.2. The molecule has 2 amide bonds. The maximum Gasteiger partial charge on any atom is 0.339 e. The summed E-state index contributed by atoms with van der Waals surface area (Å²) in [6.07, 6.45) is 2.06. The summed E-state index contributed by atoms with van der Waals surface area (Å²) in [4.78, 5) is 13.7. The molecule has 0 aliphatic carbocycles. The molecule has 0 unspecified atom stereocenters. The molecule has 0 saturated heterocycles. The molecule has 0 aliphatic heterocycles. The van der Waals surface area contributed by atoms with Crippen LogP contribution in [0.4, 0.5) is 16.2 Å². The number of benzene rings is 2. The van der Waals surface area contributed by atoms with Gasteiger partial charge in [0, 0.05) is 25.0 Å². The van der Waals surface area contributed by atoms with Crippen LogP contribution in [0.25, 0.3) is 0 Å². The molecule has 0 saturated carbocycles. The summed E-state index contributed by atoms with van der Waals surface area (Å²) in [5.41, 5.74) is 5.01. The van der Waals surface area contributed by atoms with Crippen LogP contribution in [0, 0.1) is 11.3 Å². The van der Waals surface area contributed by atoms with Gasteiger partial charge in [0.15, 0.2) is 0 Å². The fourth-order valence-corrected chi connectivity index (χ4v) is 2.01. The van der Waals surface area contributed by atoms with E-state index in [4.69, 9.17) is 5.26 Å². The lowest BCUT2D eigenvalue weighted by Gasteiger charge is -2.17. The van der Waals surface area contributed by atoms with Crippen molar-refractivity contribution in [3.8, 4) is 6.07 Å². The third-order valence-corrected chi connectivity index (χ3v) is 3.30. The topological polar surface area (TPSA) is 80.5 Å². The largest absolute Gasteiger partial charge is 0.374 e. The number of rotatable bonds is 6. The Hall–Kier alpha value is -3.33. The Morgan fingerprint density at radius 2 is 1.92 bits per heavy atom. The predicted molar refractivity (Wildman–Crippen MR) is 96.1 cm³/mol. The molecular weight excluding hydrogens is 302 g/mol.